The molecule has 0 spiro atoms. The number of aromatic nitrogens is 2. The van der Waals surface area contributed by atoms with Crippen LogP contribution in [0.4, 0.5) is 11.4 Å². The molecule has 0 bridgehead atoms. The van der Waals surface area contributed by atoms with Gasteiger partial charge in [-0.2, -0.15) is 4.37 Å². The molecule has 10 heteroatoms. The van der Waals surface area contributed by atoms with E-state index < -0.39 is 23.4 Å². The lowest BCUT2D eigenvalue weighted by atomic mass is 9.98. The highest BCUT2D eigenvalue weighted by Crippen LogP contribution is 2.34. The highest BCUT2D eigenvalue weighted by molar-refractivity contribution is 7.09. The topological polar surface area (TPSA) is 144 Å². The number of rotatable bonds is 6. The Bertz CT molecular complexity index is 1490. The number of nitrogen functional groups attached to an aromatic ring is 1. The summed E-state index contributed by atoms with van der Waals surface area (Å²) in [6, 6.07) is 15.3. The van der Waals surface area contributed by atoms with Crippen molar-refractivity contribution in [2.24, 2.45) is 5.73 Å². The molecule has 0 saturated heterocycles. The molecule has 0 unspecified atom stereocenters. The van der Waals surface area contributed by atoms with E-state index in [1.165, 1.54) is 4.90 Å². The predicted octanol–water partition coefficient (Wildman–Crippen LogP) is 3.98. The normalized spacial score (nSPS) is 12.2. The first-order valence-electron chi connectivity index (χ1n) is 11.6. The Labute approximate surface area is 218 Å². The number of aryl methyl sites for hydroxylation is 1. The molecule has 0 aliphatic carbocycles. The van der Waals surface area contributed by atoms with Gasteiger partial charge in [0.25, 0.3) is 11.8 Å². The summed E-state index contributed by atoms with van der Waals surface area (Å²) in [6.07, 6.45) is 1.69. The zero-order chi connectivity index (χ0) is 26.9. The maximum atomic E-state index is 14.1. The summed E-state index contributed by atoms with van der Waals surface area (Å²) in [5.41, 5.74) is 13.4. The Hall–Kier alpha value is -4.31. The van der Waals surface area contributed by atoms with Gasteiger partial charge in [0.15, 0.2) is 5.69 Å². The van der Waals surface area contributed by atoms with Crippen molar-refractivity contribution in [1.82, 2.24) is 14.7 Å². The van der Waals surface area contributed by atoms with E-state index in [-0.39, 0.29) is 22.2 Å². The third-order valence-electron chi connectivity index (χ3n) is 5.63. The van der Waals surface area contributed by atoms with E-state index in [1.54, 1.807) is 24.4 Å². The largest absolute Gasteiger partial charge is 0.395 e. The lowest BCUT2D eigenvalue weighted by molar-refractivity contribution is -0.123. The second-order valence-electron chi connectivity index (χ2n) is 9.75. The molecule has 4 aromatic rings. The zero-order valence-corrected chi connectivity index (χ0v) is 21.8. The molecule has 0 fully saturated rings. The highest BCUT2D eigenvalue weighted by atomic mass is 32.1. The van der Waals surface area contributed by atoms with E-state index >= 15 is 0 Å². The molecule has 0 saturated carbocycles. The molecule has 2 aromatic carbocycles. The molecule has 190 valence electrons. The number of nitrogens with one attached hydrogen (secondary N) is 1. The summed E-state index contributed by atoms with van der Waals surface area (Å²) in [7, 11) is 0. The van der Waals surface area contributed by atoms with Crippen molar-refractivity contribution in [2.45, 2.75) is 39.3 Å². The quantitative estimate of drug-likeness (QED) is 0.353. The number of benzene rings is 2. The van der Waals surface area contributed by atoms with Crippen LogP contribution < -0.4 is 21.7 Å². The van der Waals surface area contributed by atoms with Gasteiger partial charge in [-0.1, -0.05) is 29.8 Å². The first kappa shape index (κ1) is 25.8. The van der Waals surface area contributed by atoms with E-state index in [1.807, 2.05) is 64.1 Å². The van der Waals surface area contributed by atoms with Crippen molar-refractivity contribution in [3.05, 3.63) is 82.5 Å². The molecule has 1 atom stereocenters. The summed E-state index contributed by atoms with van der Waals surface area (Å²) in [6.45, 7) is 7.52. The molecule has 9 nitrogen and oxygen atoms in total. The van der Waals surface area contributed by atoms with Crippen molar-refractivity contribution in [2.75, 3.05) is 10.6 Å². The Kier molecular flexibility index (Phi) is 6.95. The van der Waals surface area contributed by atoms with Gasteiger partial charge in [-0.25, -0.2) is 0 Å². The van der Waals surface area contributed by atoms with Crippen LogP contribution in [0, 0.1) is 6.92 Å². The first-order chi connectivity index (χ1) is 17.5. The molecular formula is C27H28N6O3S. The Balaban J connectivity index is 1.94. The van der Waals surface area contributed by atoms with Crippen molar-refractivity contribution in [3.63, 3.8) is 0 Å². The van der Waals surface area contributed by atoms with E-state index in [0.29, 0.717) is 11.3 Å². The fourth-order valence-electron chi connectivity index (χ4n) is 3.95. The third-order valence-corrected chi connectivity index (χ3v) is 6.49. The Morgan fingerprint density at radius 3 is 2.38 bits per heavy atom. The number of hydrogen-bond acceptors (Lipinski definition) is 7. The zero-order valence-electron chi connectivity index (χ0n) is 21.0. The van der Waals surface area contributed by atoms with Gasteiger partial charge < -0.3 is 16.8 Å². The smallest absolute Gasteiger partial charge is 0.273 e. The Morgan fingerprint density at radius 1 is 1.05 bits per heavy atom. The molecule has 0 aliphatic rings. The molecule has 3 amide bonds. The fraction of sp³-hybridized carbons (Fsp3) is 0.222. The number of hydrogen-bond donors (Lipinski definition) is 3. The van der Waals surface area contributed by atoms with Crippen LogP contribution in [0.2, 0.25) is 0 Å². The summed E-state index contributed by atoms with van der Waals surface area (Å²) in [5, 5.41) is 3.82. The SMILES string of the molecule is Cc1ccc(N(C(=O)c2snc(C(N)=O)c2N)[C@H](C(=O)NC(C)(C)C)c2ccc3ncccc3c2)cc1. The molecule has 0 aliphatic heterocycles. The first-order valence-corrected chi connectivity index (χ1v) is 12.4. The standard InChI is InChI=1S/C27H28N6O3S/c1-15-7-10-18(11-8-15)33(26(36)23-20(28)21(24(29)34)32-37-23)22(25(35)31-27(2,3)4)17-9-12-19-16(14-17)6-5-13-30-19/h5-14,22H,28H2,1-4H3,(H2,29,34)(H,31,35)/t22-/m0/s1. The van der Waals surface area contributed by atoms with Gasteiger partial charge in [-0.15, -0.1) is 0 Å². The van der Waals surface area contributed by atoms with Crippen molar-refractivity contribution < 1.29 is 14.4 Å². The van der Waals surface area contributed by atoms with Crippen LogP contribution in [0.1, 0.15) is 58.1 Å². The van der Waals surface area contributed by atoms with Gasteiger partial charge in [0.05, 0.1) is 11.2 Å². The minimum Gasteiger partial charge on any atom is -0.395 e. The molecular weight excluding hydrogens is 488 g/mol. The number of carbonyl (C=O) groups excluding carboxylic acids is 3. The van der Waals surface area contributed by atoms with Gasteiger partial charge in [0.2, 0.25) is 5.91 Å². The molecule has 37 heavy (non-hydrogen) atoms. The van der Waals surface area contributed by atoms with Gasteiger partial charge in [0.1, 0.15) is 10.9 Å². The van der Waals surface area contributed by atoms with Crippen LogP contribution >= 0.6 is 11.5 Å². The lowest BCUT2D eigenvalue weighted by Gasteiger charge is -2.33. The summed E-state index contributed by atoms with van der Waals surface area (Å²) in [5.74, 6) is -1.80. The van der Waals surface area contributed by atoms with E-state index in [0.717, 1.165) is 28.0 Å². The summed E-state index contributed by atoms with van der Waals surface area (Å²) >= 11 is 0.770. The molecule has 0 radical (unpaired) electrons. The van der Waals surface area contributed by atoms with Crippen LogP contribution in [-0.2, 0) is 4.79 Å². The monoisotopic (exact) mass is 516 g/mol. The minimum absolute atomic E-state index is 0.0189. The van der Waals surface area contributed by atoms with Crippen molar-refractivity contribution in [1.29, 1.82) is 0 Å². The second kappa shape index (κ2) is 9.98. The van der Waals surface area contributed by atoms with Crippen molar-refractivity contribution >= 4 is 51.5 Å². The van der Waals surface area contributed by atoms with E-state index in [2.05, 4.69) is 14.7 Å². The fourth-order valence-corrected chi connectivity index (χ4v) is 4.69. The number of carbonyl (C=O) groups is 3. The number of primary amides is 1. The third kappa shape index (κ3) is 5.44. The maximum absolute atomic E-state index is 14.1. The van der Waals surface area contributed by atoms with Crippen LogP contribution in [0.25, 0.3) is 10.9 Å². The predicted molar refractivity (Wildman–Crippen MR) is 145 cm³/mol. The Morgan fingerprint density at radius 2 is 1.76 bits per heavy atom. The van der Waals surface area contributed by atoms with Crippen LogP contribution in [0.5, 0.6) is 0 Å². The summed E-state index contributed by atoms with van der Waals surface area (Å²) < 4.78 is 3.99. The van der Waals surface area contributed by atoms with E-state index in [4.69, 9.17) is 11.5 Å². The van der Waals surface area contributed by atoms with Crippen LogP contribution in [-0.4, -0.2) is 32.6 Å². The number of anilines is 2. The van der Waals surface area contributed by atoms with Crippen LogP contribution in [0.15, 0.2) is 60.8 Å². The lowest BCUT2D eigenvalue weighted by Crippen LogP contribution is -2.49. The average Bonchev–Trinajstić information content (AvgIpc) is 3.23. The number of nitrogens with two attached hydrogens (primary N) is 2. The second-order valence-corrected chi connectivity index (χ2v) is 10.5. The molecule has 2 heterocycles. The van der Waals surface area contributed by atoms with Gasteiger partial charge >= 0.3 is 0 Å². The van der Waals surface area contributed by atoms with Crippen molar-refractivity contribution in [3.8, 4) is 0 Å². The van der Waals surface area contributed by atoms with Crippen LogP contribution in [0.3, 0.4) is 0 Å². The minimum atomic E-state index is -1.07. The van der Waals surface area contributed by atoms with Gasteiger partial charge in [-0.05, 0) is 75.1 Å². The van der Waals surface area contributed by atoms with Gasteiger partial charge in [0, 0.05) is 22.8 Å². The number of pyridine rings is 1. The molecule has 4 rings (SSSR count). The number of amides is 3. The average molecular weight is 517 g/mol. The summed E-state index contributed by atoms with van der Waals surface area (Å²) in [4.78, 5) is 45.5. The molecule has 5 N–H and O–H groups in total. The number of fused-ring (bicyclic) bond motifs is 1. The van der Waals surface area contributed by atoms with E-state index in [9.17, 15) is 14.4 Å². The maximum Gasteiger partial charge on any atom is 0.273 e. The molecule has 2 aromatic heterocycles. The van der Waals surface area contributed by atoms with Gasteiger partial charge in [-0.3, -0.25) is 24.3 Å². The highest BCUT2D eigenvalue weighted by Gasteiger charge is 2.37. The number of nitrogens with zero attached hydrogens (tertiary/aromatic N) is 3.